The first-order chi connectivity index (χ1) is 11.7. The lowest BCUT2D eigenvalue weighted by molar-refractivity contribution is 0.0667. The second kappa shape index (κ2) is 6.24. The van der Waals surface area contributed by atoms with Crippen LogP contribution in [0, 0.1) is 6.92 Å². The Bertz CT molecular complexity index is 823. The lowest BCUT2D eigenvalue weighted by Gasteiger charge is -2.32. The summed E-state index contributed by atoms with van der Waals surface area (Å²) in [6.45, 7) is 3.38. The molecule has 0 spiro atoms. The molecule has 124 valence electrons. The maximum Gasteiger partial charge on any atom is 0.273 e. The third-order valence-corrected chi connectivity index (χ3v) is 5.30. The molecule has 1 fully saturated rings. The third-order valence-electron chi connectivity index (χ3n) is 4.31. The topological polar surface area (TPSA) is 64.2 Å². The highest BCUT2D eigenvalue weighted by Crippen LogP contribution is 2.30. The van der Waals surface area contributed by atoms with Crippen molar-refractivity contribution >= 4 is 17.2 Å². The smallest absolute Gasteiger partial charge is 0.273 e. The van der Waals surface area contributed by atoms with Crippen molar-refractivity contribution in [3.05, 3.63) is 47.4 Å². The number of aryl methyl sites for hydroxylation is 1. The molecule has 1 aliphatic heterocycles. The summed E-state index contributed by atoms with van der Waals surface area (Å²) < 4.78 is 7.34. The van der Waals surface area contributed by atoms with Crippen molar-refractivity contribution in [1.29, 1.82) is 0 Å². The van der Waals surface area contributed by atoms with Crippen LogP contribution in [0.2, 0.25) is 0 Å². The number of piperidine rings is 1. The second-order valence-corrected chi connectivity index (χ2v) is 7.14. The quantitative estimate of drug-likeness (QED) is 0.732. The number of aromatic nitrogens is 3. The van der Waals surface area contributed by atoms with Crippen LogP contribution in [0.5, 0.6) is 0 Å². The Kier molecular flexibility index (Phi) is 3.93. The van der Waals surface area contributed by atoms with Crippen molar-refractivity contribution in [1.82, 2.24) is 19.7 Å². The van der Waals surface area contributed by atoms with Crippen LogP contribution in [0.1, 0.15) is 34.2 Å². The van der Waals surface area contributed by atoms with Crippen LogP contribution in [0.15, 0.2) is 41.3 Å². The minimum absolute atomic E-state index is 0.00147. The van der Waals surface area contributed by atoms with E-state index in [1.165, 1.54) is 11.3 Å². The summed E-state index contributed by atoms with van der Waals surface area (Å²) in [5.74, 6) is 0.702. The zero-order valence-electron chi connectivity index (χ0n) is 13.4. The van der Waals surface area contributed by atoms with Crippen LogP contribution < -0.4 is 0 Å². The van der Waals surface area contributed by atoms with E-state index in [0.29, 0.717) is 18.0 Å². The number of nitrogens with zero attached hydrogens (tertiary/aromatic N) is 4. The van der Waals surface area contributed by atoms with E-state index < -0.39 is 0 Å². The van der Waals surface area contributed by atoms with Crippen molar-refractivity contribution < 1.29 is 9.21 Å². The van der Waals surface area contributed by atoms with E-state index in [0.717, 1.165) is 29.3 Å². The summed E-state index contributed by atoms with van der Waals surface area (Å²) in [4.78, 5) is 20.3. The molecule has 3 aromatic heterocycles. The van der Waals surface area contributed by atoms with Crippen LogP contribution in [-0.2, 0) is 0 Å². The van der Waals surface area contributed by atoms with Gasteiger partial charge >= 0.3 is 0 Å². The highest BCUT2D eigenvalue weighted by atomic mass is 32.1. The number of carbonyl (C=O) groups excluding carboxylic acids is 1. The summed E-state index contributed by atoms with van der Waals surface area (Å²) in [7, 11) is 0. The third kappa shape index (κ3) is 2.75. The van der Waals surface area contributed by atoms with Gasteiger partial charge in [0.15, 0.2) is 10.8 Å². The number of furan rings is 1. The molecule has 0 bridgehead atoms. The monoisotopic (exact) mass is 342 g/mol. The number of likely N-dealkylation sites (tertiary alicyclic amines) is 1. The molecule has 0 radical (unpaired) electrons. The lowest BCUT2D eigenvalue weighted by Crippen LogP contribution is -2.41. The molecule has 6 nitrogen and oxygen atoms in total. The van der Waals surface area contributed by atoms with Crippen molar-refractivity contribution in [2.45, 2.75) is 25.8 Å². The maximum atomic E-state index is 12.9. The highest BCUT2D eigenvalue weighted by molar-refractivity contribution is 7.15. The Hall–Kier alpha value is -2.41. The van der Waals surface area contributed by atoms with E-state index >= 15 is 0 Å². The average molecular weight is 342 g/mol. The summed E-state index contributed by atoms with van der Waals surface area (Å²) in [6, 6.07) is 5.84. The second-order valence-electron chi connectivity index (χ2n) is 5.93. The Morgan fingerprint density at radius 1 is 1.42 bits per heavy atom. The van der Waals surface area contributed by atoms with Gasteiger partial charge in [-0.3, -0.25) is 9.48 Å². The zero-order chi connectivity index (χ0) is 16.5. The van der Waals surface area contributed by atoms with Gasteiger partial charge in [-0.05, 0) is 38.0 Å². The van der Waals surface area contributed by atoms with Crippen LogP contribution in [0.4, 0.5) is 0 Å². The van der Waals surface area contributed by atoms with Gasteiger partial charge in [-0.25, -0.2) is 4.98 Å². The van der Waals surface area contributed by atoms with Crippen LogP contribution >= 0.6 is 11.3 Å². The van der Waals surface area contributed by atoms with Crippen LogP contribution in [0.3, 0.4) is 0 Å². The predicted octanol–water partition coefficient (Wildman–Crippen LogP) is 3.39. The molecular weight excluding hydrogens is 324 g/mol. The van der Waals surface area contributed by atoms with Crippen LogP contribution in [0.25, 0.3) is 10.8 Å². The first-order valence-corrected chi connectivity index (χ1v) is 8.84. The fourth-order valence-electron chi connectivity index (χ4n) is 3.10. The van der Waals surface area contributed by atoms with Gasteiger partial charge < -0.3 is 9.32 Å². The summed E-state index contributed by atoms with van der Waals surface area (Å²) in [6.07, 6.45) is 7.37. The molecule has 24 heavy (non-hydrogen) atoms. The van der Waals surface area contributed by atoms with E-state index in [1.807, 2.05) is 40.9 Å². The minimum Gasteiger partial charge on any atom is -0.462 e. The molecule has 0 aromatic carbocycles. The van der Waals surface area contributed by atoms with Gasteiger partial charge in [0.05, 0.1) is 12.3 Å². The predicted molar refractivity (Wildman–Crippen MR) is 91.0 cm³/mol. The minimum atomic E-state index is -0.00147. The maximum absolute atomic E-state index is 12.9. The molecule has 1 amide bonds. The Balaban J connectivity index is 1.55. The standard InChI is InChI=1S/C17H18N4O2S/c1-12-15(19-16(24-12)14-6-3-10-23-14)17(22)20-8-2-5-13(11-20)21-9-4-7-18-21/h3-4,6-7,9-10,13H,2,5,8,11H2,1H3/t13-/m0/s1. The van der Waals surface area contributed by atoms with Gasteiger partial charge in [0, 0.05) is 30.4 Å². The molecule has 7 heteroatoms. The Labute approximate surface area is 143 Å². The SMILES string of the molecule is Cc1sc(-c2ccco2)nc1C(=O)N1CCC[C@H](n2cccn2)C1. The van der Waals surface area contributed by atoms with Gasteiger partial charge in [-0.2, -0.15) is 5.10 Å². The molecule has 4 heterocycles. The van der Waals surface area contributed by atoms with E-state index in [2.05, 4.69) is 10.1 Å². The molecule has 0 N–H and O–H groups in total. The first-order valence-electron chi connectivity index (χ1n) is 8.02. The van der Waals surface area contributed by atoms with E-state index in [-0.39, 0.29) is 11.9 Å². The first kappa shape index (κ1) is 15.1. The molecular formula is C17H18N4O2S. The highest BCUT2D eigenvalue weighted by Gasteiger charge is 2.28. The van der Waals surface area contributed by atoms with Crippen molar-refractivity contribution in [3.8, 4) is 10.8 Å². The molecule has 1 atom stereocenters. The van der Waals surface area contributed by atoms with Crippen molar-refractivity contribution in [3.63, 3.8) is 0 Å². The number of carbonyl (C=O) groups is 1. The lowest BCUT2D eigenvalue weighted by atomic mass is 10.1. The zero-order valence-corrected chi connectivity index (χ0v) is 14.2. The summed E-state index contributed by atoms with van der Waals surface area (Å²) in [5.41, 5.74) is 0.535. The molecule has 4 rings (SSSR count). The molecule has 0 saturated carbocycles. The van der Waals surface area contributed by atoms with Gasteiger partial charge in [0.1, 0.15) is 5.69 Å². The average Bonchev–Trinajstić information content (AvgIpc) is 3.35. The fraction of sp³-hybridized carbons (Fsp3) is 0.353. The van der Waals surface area contributed by atoms with E-state index in [9.17, 15) is 4.79 Å². The molecule has 3 aromatic rings. The number of hydrogen-bond donors (Lipinski definition) is 0. The largest absolute Gasteiger partial charge is 0.462 e. The van der Waals surface area contributed by atoms with Crippen molar-refractivity contribution in [2.75, 3.05) is 13.1 Å². The number of amides is 1. The van der Waals surface area contributed by atoms with Gasteiger partial charge in [0.2, 0.25) is 0 Å². The summed E-state index contributed by atoms with van der Waals surface area (Å²) in [5, 5.41) is 5.07. The summed E-state index contributed by atoms with van der Waals surface area (Å²) >= 11 is 1.49. The molecule has 1 aliphatic rings. The van der Waals surface area contributed by atoms with Gasteiger partial charge in [-0.1, -0.05) is 0 Å². The number of thiazole rings is 1. The van der Waals surface area contributed by atoms with E-state index in [1.54, 1.807) is 12.5 Å². The normalized spacial score (nSPS) is 18.0. The van der Waals surface area contributed by atoms with Crippen molar-refractivity contribution in [2.24, 2.45) is 0 Å². The van der Waals surface area contributed by atoms with Gasteiger partial charge in [-0.15, -0.1) is 11.3 Å². The van der Waals surface area contributed by atoms with Gasteiger partial charge in [0.25, 0.3) is 5.91 Å². The Morgan fingerprint density at radius 2 is 2.33 bits per heavy atom. The van der Waals surface area contributed by atoms with E-state index in [4.69, 9.17) is 4.42 Å². The molecule has 0 aliphatic carbocycles. The molecule has 0 unspecified atom stereocenters. The van der Waals surface area contributed by atoms with Crippen LogP contribution in [-0.4, -0.2) is 38.7 Å². The number of rotatable bonds is 3. The Morgan fingerprint density at radius 3 is 3.08 bits per heavy atom. The fourth-order valence-corrected chi connectivity index (χ4v) is 3.98. The number of hydrogen-bond acceptors (Lipinski definition) is 5. The molecule has 1 saturated heterocycles.